The predicted octanol–water partition coefficient (Wildman–Crippen LogP) is 1.78. The van der Waals surface area contributed by atoms with E-state index in [1.54, 1.807) is 6.07 Å². The maximum atomic E-state index is 13.7. The van der Waals surface area contributed by atoms with E-state index in [0.29, 0.717) is 5.69 Å². The Bertz CT molecular complexity index is 798. The number of hydrazine groups is 1. The number of rotatable bonds is 4. The second-order valence-corrected chi connectivity index (χ2v) is 5.76. The Kier molecular flexibility index (Phi) is 4.07. The van der Waals surface area contributed by atoms with Gasteiger partial charge in [0.1, 0.15) is 5.82 Å². The molecular formula is C13H11FN4O2S. The number of nitrogens with one attached hydrogen (secondary N) is 2. The van der Waals surface area contributed by atoms with Gasteiger partial charge in [-0.1, -0.05) is 0 Å². The van der Waals surface area contributed by atoms with E-state index < -0.39 is 15.8 Å². The van der Waals surface area contributed by atoms with Crippen LogP contribution in [-0.2, 0) is 10.0 Å². The van der Waals surface area contributed by atoms with Gasteiger partial charge in [0.05, 0.1) is 22.2 Å². The highest BCUT2D eigenvalue weighted by molar-refractivity contribution is 7.92. The van der Waals surface area contributed by atoms with Crippen molar-refractivity contribution in [2.75, 3.05) is 10.1 Å². The van der Waals surface area contributed by atoms with Crippen molar-refractivity contribution in [3.8, 4) is 6.07 Å². The number of nitrogens with zero attached hydrogens (tertiary/aromatic N) is 1. The van der Waals surface area contributed by atoms with Gasteiger partial charge in [-0.25, -0.2) is 12.8 Å². The molecule has 108 valence electrons. The summed E-state index contributed by atoms with van der Waals surface area (Å²) in [5.74, 6) is 4.37. The normalized spacial score (nSPS) is 10.7. The Hall–Kier alpha value is -2.63. The molecule has 2 aromatic carbocycles. The van der Waals surface area contributed by atoms with Crippen molar-refractivity contribution >= 4 is 21.4 Å². The second-order valence-electron chi connectivity index (χ2n) is 4.08. The van der Waals surface area contributed by atoms with Gasteiger partial charge in [0.2, 0.25) is 0 Å². The molecule has 6 nitrogen and oxygen atoms in total. The standard InChI is InChI=1S/C13H11FN4O2S/c14-12-7-9(8-15)1-6-13(12)18-21(19,20)11-4-2-10(17-16)3-5-11/h1-7,17-18H,16H2. The van der Waals surface area contributed by atoms with Gasteiger partial charge in [-0.2, -0.15) is 5.26 Å². The van der Waals surface area contributed by atoms with Crippen molar-refractivity contribution < 1.29 is 12.8 Å². The van der Waals surface area contributed by atoms with Crippen molar-refractivity contribution in [2.24, 2.45) is 5.84 Å². The number of hydrogen-bond donors (Lipinski definition) is 3. The number of hydrogen-bond acceptors (Lipinski definition) is 5. The summed E-state index contributed by atoms with van der Waals surface area (Å²) in [5, 5.41) is 8.64. The Morgan fingerprint density at radius 2 is 1.81 bits per heavy atom. The predicted molar refractivity (Wildman–Crippen MR) is 76.2 cm³/mol. The maximum Gasteiger partial charge on any atom is 0.261 e. The lowest BCUT2D eigenvalue weighted by Crippen LogP contribution is -2.14. The largest absolute Gasteiger partial charge is 0.324 e. The number of nitrogen functional groups attached to an aromatic ring is 1. The molecule has 21 heavy (non-hydrogen) atoms. The molecule has 0 radical (unpaired) electrons. The highest BCUT2D eigenvalue weighted by Gasteiger charge is 2.16. The van der Waals surface area contributed by atoms with Crippen LogP contribution in [-0.4, -0.2) is 8.42 Å². The fourth-order valence-corrected chi connectivity index (χ4v) is 2.67. The van der Waals surface area contributed by atoms with E-state index in [1.807, 2.05) is 0 Å². The molecule has 0 aromatic heterocycles. The zero-order chi connectivity index (χ0) is 15.5. The van der Waals surface area contributed by atoms with Crippen LogP contribution in [0.4, 0.5) is 15.8 Å². The number of nitriles is 1. The van der Waals surface area contributed by atoms with E-state index in [4.69, 9.17) is 11.1 Å². The molecule has 2 rings (SSSR count). The monoisotopic (exact) mass is 306 g/mol. The summed E-state index contributed by atoms with van der Waals surface area (Å²) >= 11 is 0. The number of benzene rings is 2. The fraction of sp³-hybridized carbons (Fsp3) is 0. The first-order valence-electron chi connectivity index (χ1n) is 5.75. The Labute approximate surface area is 121 Å². The zero-order valence-corrected chi connectivity index (χ0v) is 11.5. The van der Waals surface area contributed by atoms with E-state index in [9.17, 15) is 12.8 Å². The lowest BCUT2D eigenvalue weighted by atomic mass is 10.2. The Morgan fingerprint density at radius 3 is 2.33 bits per heavy atom. The zero-order valence-electron chi connectivity index (χ0n) is 10.7. The van der Waals surface area contributed by atoms with Crippen LogP contribution in [0.25, 0.3) is 0 Å². The summed E-state index contributed by atoms with van der Waals surface area (Å²) in [6, 6.07) is 10.9. The van der Waals surface area contributed by atoms with Crippen LogP contribution in [0, 0.1) is 17.1 Å². The lowest BCUT2D eigenvalue weighted by Gasteiger charge is -2.09. The molecule has 0 amide bonds. The molecule has 0 saturated heterocycles. The first-order chi connectivity index (χ1) is 9.96. The summed E-state index contributed by atoms with van der Waals surface area (Å²) in [7, 11) is -3.92. The van der Waals surface area contributed by atoms with Crippen LogP contribution >= 0.6 is 0 Å². The number of nitrogens with two attached hydrogens (primary N) is 1. The van der Waals surface area contributed by atoms with Crippen LogP contribution < -0.4 is 16.0 Å². The number of halogens is 1. The van der Waals surface area contributed by atoms with Crippen molar-refractivity contribution in [3.63, 3.8) is 0 Å². The molecule has 0 aliphatic heterocycles. The molecule has 0 unspecified atom stereocenters. The maximum absolute atomic E-state index is 13.7. The van der Waals surface area contributed by atoms with Gasteiger partial charge in [-0.3, -0.25) is 10.6 Å². The highest BCUT2D eigenvalue weighted by Crippen LogP contribution is 2.21. The van der Waals surface area contributed by atoms with Crippen molar-refractivity contribution in [1.82, 2.24) is 0 Å². The third-order valence-corrected chi connectivity index (χ3v) is 4.06. The molecule has 4 N–H and O–H groups in total. The first kappa shape index (κ1) is 14.8. The smallest absolute Gasteiger partial charge is 0.261 e. The van der Waals surface area contributed by atoms with Crippen LogP contribution in [0.2, 0.25) is 0 Å². The topological polar surface area (TPSA) is 108 Å². The van der Waals surface area contributed by atoms with Gasteiger partial charge in [0, 0.05) is 5.69 Å². The molecule has 0 bridgehead atoms. The fourth-order valence-electron chi connectivity index (χ4n) is 1.60. The minimum Gasteiger partial charge on any atom is -0.324 e. The van der Waals surface area contributed by atoms with Crippen LogP contribution in [0.3, 0.4) is 0 Å². The van der Waals surface area contributed by atoms with Gasteiger partial charge in [0.15, 0.2) is 0 Å². The van der Waals surface area contributed by atoms with Crippen LogP contribution in [0.5, 0.6) is 0 Å². The minimum absolute atomic E-state index is 0.0368. The van der Waals surface area contributed by atoms with E-state index in [-0.39, 0.29) is 16.1 Å². The third-order valence-electron chi connectivity index (χ3n) is 2.67. The van der Waals surface area contributed by atoms with Gasteiger partial charge in [-0.15, -0.1) is 0 Å². The average Bonchev–Trinajstić information content (AvgIpc) is 2.49. The van der Waals surface area contributed by atoms with Gasteiger partial charge >= 0.3 is 0 Å². The Balaban J connectivity index is 2.30. The summed E-state index contributed by atoms with van der Waals surface area (Å²) in [6.07, 6.45) is 0. The number of sulfonamides is 1. The summed E-state index contributed by atoms with van der Waals surface area (Å²) in [6.45, 7) is 0. The molecule has 0 atom stereocenters. The Morgan fingerprint density at radius 1 is 1.14 bits per heavy atom. The molecule has 0 spiro atoms. The minimum atomic E-state index is -3.92. The molecule has 0 heterocycles. The SMILES string of the molecule is N#Cc1ccc(NS(=O)(=O)c2ccc(NN)cc2)c(F)c1. The highest BCUT2D eigenvalue weighted by atomic mass is 32.2. The summed E-state index contributed by atoms with van der Waals surface area (Å²) in [4.78, 5) is -0.0368. The van der Waals surface area contributed by atoms with E-state index >= 15 is 0 Å². The van der Waals surface area contributed by atoms with Crippen molar-refractivity contribution in [1.29, 1.82) is 5.26 Å². The molecule has 0 aliphatic carbocycles. The van der Waals surface area contributed by atoms with Gasteiger partial charge in [0.25, 0.3) is 10.0 Å². The molecule has 8 heteroatoms. The van der Waals surface area contributed by atoms with Gasteiger partial charge in [-0.05, 0) is 42.5 Å². The van der Waals surface area contributed by atoms with Crippen molar-refractivity contribution in [3.05, 3.63) is 53.8 Å². The van der Waals surface area contributed by atoms with Crippen LogP contribution in [0.1, 0.15) is 5.56 Å². The molecule has 2 aromatic rings. The molecular weight excluding hydrogens is 295 g/mol. The number of anilines is 2. The molecule has 0 saturated carbocycles. The van der Waals surface area contributed by atoms with E-state index in [0.717, 1.165) is 6.07 Å². The average molecular weight is 306 g/mol. The summed E-state index contributed by atoms with van der Waals surface area (Å²) < 4.78 is 40.1. The van der Waals surface area contributed by atoms with Crippen molar-refractivity contribution in [2.45, 2.75) is 4.90 Å². The van der Waals surface area contributed by atoms with E-state index in [1.165, 1.54) is 36.4 Å². The summed E-state index contributed by atoms with van der Waals surface area (Å²) in [5.41, 5.74) is 2.79. The van der Waals surface area contributed by atoms with Gasteiger partial charge < -0.3 is 5.43 Å². The first-order valence-corrected chi connectivity index (χ1v) is 7.24. The molecule has 0 fully saturated rings. The second kappa shape index (κ2) is 5.78. The quantitative estimate of drug-likeness (QED) is 0.589. The lowest BCUT2D eigenvalue weighted by molar-refractivity contribution is 0.598. The van der Waals surface area contributed by atoms with Crippen LogP contribution in [0.15, 0.2) is 47.4 Å². The third kappa shape index (κ3) is 3.28. The molecule has 0 aliphatic rings. The van der Waals surface area contributed by atoms with E-state index in [2.05, 4.69) is 10.1 Å².